The van der Waals surface area contributed by atoms with Crippen LogP contribution in [0.5, 0.6) is 0 Å². The molecule has 8 heteroatoms. The minimum absolute atomic E-state index is 0.232. The van der Waals surface area contributed by atoms with E-state index in [9.17, 15) is 8.42 Å². The Labute approximate surface area is 118 Å². The molecule has 1 aliphatic heterocycles. The molecule has 2 rings (SSSR count). The molecule has 1 aliphatic rings. The highest BCUT2D eigenvalue weighted by Crippen LogP contribution is 2.23. The fourth-order valence-electron chi connectivity index (χ4n) is 1.91. The summed E-state index contributed by atoms with van der Waals surface area (Å²) in [5.41, 5.74) is 5.41. The molecular weight excluding hydrogens is 284 g/mol. The minimum Gasteiger partial charge on any atom is -0.330 e. The SMILES string of the molecule is NCCCn1cc(S(=O)(=O)NCC2CCSC2)cn1. The fraction of sp³-hybridized carbons (Fsp3) is 0.727. The molecule has 1 fully saturated rings. The molecule has 3 N–H and O–H groups in total. The molecule has 0 bridgehead atoms. The summed E-state index contributed by atoms with van der Waals surface area (Å²) in [4.78, 5) is 0.232. The predicted molar refractivity (Wildman–Crippen MR) is 76.5 cm³/mol. The van der Waals surface area contributed by atoms with Gasteiger partial charge in [-0.05, 0) is 36.8 Å². The van der Waals surface area contributed by atoms with Crippen LogP contribution in [0.4, 0.5) is 0 Å². The zero-order valence-electron chi connectivity index (χ0n) is 10.8. The van der Waals surface area contributed by atoms with E-state index < -0.39 is 10.0 Å². The maximum Gasteiger partial charge on any atom is 0.243 e. The lowest BCUT2D eigenvalue weighted by molar-refractivity contribution is 0.545. The van der Waals surface area contributed by atoms with E-state index in [0.29, 0.717) is 25.6 Å². The lowest BCUT2D eigenvalue weighted by Crippen LogP contribution is -2.29. The first-order chi connectivity index (χ1) is 9.12. The molecule has 1 aromatic heterocycles. The minimum atomic E-state index is -3.43. The van der Waals surface area contributed by atoms with E-state index in [4.69, 9.17) is 5.73 Å². The van der Waals surface area contributed by atoms with Crippen LogP contribution in [0.2, 0.25) is 0 Å². The lowest BCUT2D eigenvalue weighted by atomic mass is 10.1. The molecule has 108 valence electrons. The number of aromatic nitrogens is 2. The maximum atomic E-state index is 12.1. The molecule has 0 radical (unpaired) electrons. The Morgan fingerprint density at radius 3 is 3.11 bits per heavy atom. The molecule has 0 spiro atoms. The Morgan fingerprint density at radius 1 is 1.58 bits per heavy atom. The topological polar surface area (TPSA) is 90.0 Å². The summed E-state index contributed by atoms with van der Waals surface area (Å²) in [6, 6.07) is 0. The summed E-state index contributed by atoms with van der Waals surface area (Å²) in [6.45, 7) is 1.73. The summed E-state index contributed by atoms with van der Waals surface area (Å²) >= 11 is 1.88. The van der Waals surface area contributed by atoms with Gasteiger partial charge >= 0.3 is 0 Å². The van der Waals surface area contributed by atoms with Crippen LogP contribution in [0.1, 0.15) is 12.8 Å². The van der Waals surface area contributed by atoms with Crippen molar-refractivity contribution in [3.8, 4) is 0 Å². The number of aryl methyl sites for hydroxylation is 1. The monoisotopic (exact) mass is 304 g/mol. The number of sulfonamides is 1. The summed E-state index contributed by atoms with van der Waals surface area (Å²) in [7, 11) is -3.43. The highest BCUT2D eigenvalue weighted by Gasteiger charge is 2.21. The standard InChI is InChI=1S/C11H20N4O2S2/c12-3-1-4-15-8-11(7-13-15)19(16,17)14-6-10-2-5-18-9-10/h7-8,10,14H,1-6,9,12H2. The van der Waals surface area contributed by atoms with Crippen molar-refractivity contribution in [2.24, 2.45) is 11.7 Å². The Hall–Kier alpha value is -0.570. The maximum absolute atomic E-state index is 12.1. The van der Waals surface area contributed by atoms with Gasteiger partial charge in [-0.1, -0.05) is 0 Å². The molecule has 0 aromatic carbocycles. The number of hydrogen-bond donors (Lipinski definition) is 2. The number of thioether (sulfide) groups is 1. The Morgan fingerprint density at radius 2 is 2.42 bits per heavy atom. The van der Waals surface area contributed by atoms with Gasteiger partial charge in [0.05, 0.1) is 6.20 Å². The van der Waals surface area contributed by atoms with Gasteiger partial charge < -0.3 is 5.73 Å². The average Bonchev–Trinajstić information content (AvgIpc) is 3.05. The van der Waals surface area contributed by atoms with Gasteiger partial charge in [-0.2, -0.15) is 16.9 Å². The van der Waals surface area contributed by atoms with Crippen molar-refractivity contribution in [1.82, 2.24) is 14.5 Å². The van der Waals surface area contributed by atoms with Crippen molar-refractivity contribution >= 4 is 21.8 Å². The van der Waals surface area contributed by atoms with Crippen LogP contribution in [0.25, 0.3) is 0 Å². The van der Waals surface area contributed by atoms with Gasteiger partial charge in [0.2, 0.25) is 10.0 Å². The molecule has 0 aliphatic carbocycles. The van der Waals surface area contributed by atoms with Crippen LogP contribution in [0.15, 0.2) is 17.3 Å². The highest BCUT2D eigenvalue weighted by atomic mass is 32.2. The summed E-state index contributed by atoms with van der Waals surface area (Å²) in [5.74, 6) is 2.62. The molecular formula is C11H20N4O2S2. The van der Waals surface area contributed by atoms with E-state index in [1.807, 2.05) is 11.8 Å². The predicted octanol–water partition coefficient (Wildman–Crippen LogP) is 0.263. The summed E-state index contributed by atoms with van der Waals surface area (Å²) < 4.78 is 28.4. The summed E-state index contributed by atoms with van der Waals surface area (Å²) in [6.07, 6.45) is 4.82. The van der Waals surface area contributed by atoms with Crippen LogP contribution in [0, 0.1) is 5.92 Å². The van der Waals surface area contributed by atoms with Crippen molar-refractivity contribution in [1.29, 1.82) is 0 Å². The number of hydrogen-bond acceptors (Lipinski definition) is 5. The summed E-state index contributed by atoms with van der Waals surface area (Å²) in [5, 5.41) is 4.04. The molecule has 19 heavy (non-hydrogen) atoms. The molecule has 1 saturated heterocycles. The second-order valence-corrected chi connectivity index (χ2v) is 7.58. The van der Waals surface area contributed by atoms with E-state index in [1.54, 1.807) is 10.9 Å². The lowest BCUT2D eigenvalue weighted by Gasteiger charge is -2.09. The number of nitrogens with zero attached hydrogens (tertiary/aromatic N) is 2. The molecule has 0 saturated carbocycles. The molecule has 1 aromatic rings. The fourth-order valence-corrected chi connectivity index (χ4v) is 4.27. The van der Waals surface area contributed by atoms with E-state index in [1.165, 1.54) is 6.20 Å². The second-order valence-electron chi connectivity index (χ2n) is 4.66. The molecule has 2 heterocycles. The van der Waals surface area contributed by atoms with Gasteiger partial charge in [0.15, 0.2) is 0 Å². The third-order valence-electron chi connectivity index (χ3n) is 3.10. The van der Waals surface area contributed by atoms with Crippen molar-refractivity contribution < 1.29 is 8.42 Å². The average molecular weight is 304 g/mol. The van der Waals surface area contributed by atoms with Crippen molar-refractivity contribution in [3.05, 3.63) is 12.4 Å². The first-order valence-electron chi connectivity index (χ1n) is 6.42. The second kappa shape index (κ2) is 6.74. The first kappa shape index (κ1) is 14.8. The van der Waals surface area contributed by atoms with Crippen LogP contribution < -0.4 is 10.5 Å². The van der Waals surface area contributed by atoms with Crippen LogP contribution in [-0.2, 0) is 16.6 Å². The van der Waals surface area contributed by atoms with Gasteiger partial charge in [-0.15, -0.1) is 0 Å². The van der Waals surface area contributed by atoms with E-state index >= 15 is 0 Å². The van der Waals surface area contributed by atoms with E-state index in [0.717, 1.165) is 24.3 Å². The number of nitrogens with two attached hydrogens (primary N) is 1. The smallest absolute Gasteiger partial charge is 0.243 e. The molecule has 0 amide bonds. The molecule has 1 unspecified atom stereocenters. The Kier molecular flexibility index (Phi) is 5.26. The quantitative estimate of drug-likeness (QED) is 0.754. The Bertz CT molecular complexity index is 495. The first-order valence-corrected chi connectivity index (χ1v) is 9.05. The number of nitrogens with one attached hydrogen (secondary N) is 1. The van der Waals surface area contributed by atoms with Crippen LogP contribution >= 0.6 is 11.8 Å². The largest absolute Gasteiger partial charge is 0.330 e. The van der Waals surface area contributed by atoms with Crippen LogP contribution in [0.3, 0.4) is 0 Å². The zero-order chi connectivity index (χ0) is 13.7. The van der Waals surface area contributed by atoms with E-state index in [-0.39, 0.29) is 4.90 Å². The normalized spacial score (nSPS) is 19.9. The van der Waals surface area contributed by atoms with Gasteiger partial charge in [0.25, 0.3) is 0 Å². The third kappa shape index (κ3) is 4.20. The molecule has 6 nitrogen and oxygen atoms in total. The Balaban J connectivity index is 1.92. The zero-order valence-corrected chi connectivity index (χ0v) is 12.4. The van der Waals surface area contributed by atoms with Crippen molar-refractivity contribution in [3.63, 3.8) is 0 Å². The third-order valence-corrected chi connectivity index (χ3v) is 5.71. The van der Waals surface area contributed by atoms with Gasteiger partial charge in [-0.25, -0.2) is 13.1 Å². The highest BCUT2D eigenvalue weighted by molar-refractivity contribution is 7.99. The van der Waals surface area contributed by atoms with Gasteiger partial charge in [0, 0.05) is 19.3 Å². The van der Waals surface area contributed by atoms with Crippen LogP contribution in [-0.4, -0.2) is 42.8 Å². The molecule has 1 atom stereocenters. The van der Waals surface area contributed by atoms with Gasteiger partial charge in [0.1, 0.15) is 4.90 Å². The number of rotatable bonds is 7. The van der Waals surface area contributed by atoms with E-state index in [2.05, 4.69) is 9.82 Å². The van der Waals surface area contributed by atoms with Crippen molar-refractivity contribution in [2.45, 2.75) is 24.3 Å². The van der Waals surface area contributed by atoms with Gasteiger partial charge in [-0.3, -0.25) is 4.68 Å². The van der Waals surface area contributed by atoms with Crippen molar-refractivity contribution in [2.75, 3.05) is 24.6 Å².